The molecule has 0 spiro atoms. The van der Waals surface area contributed by atoms with Crippen molar-refractivity contribution >= 4 is 5.91 Å². The van der Waals surface area contributed by atoms with E-state index in [1.165, 1.54) is 4.90 Å². The SMILES string of the molecule is Cc1ccc(CC2CN(Cc3cnn(C)c3)CCN2C(=O)c2cc(C(F)(F)F)cc(C(F)(F)F)c2)cc1O. The minimum Gasteiger partial charge on any atom is -0.508 e. The van der Waals surface area contributed by atoms with Gasteiger partial charge in [-0.15, -0.1) is 0 Å². The number of benzene rings is 2. The molecule has 204 valence electrons. The zero-order valence-corrected chi connectivity index (χ0v) is 20.6. The predicted octanol–water partition coefficient (Wildman–Crippen LogP) is 5.04. The van der Waals surface area contributed by atoms with E-state index in [1.54, 1.807) is 43.0 Å². The summed E-state index contributed by atoms with van der Waals surface area (Å²) >= 11 is 0. The molecule has 1 aliphatic rings. The predicted molar refractivity (Wildman–Crippen MR) is 126 cm³/mol. The number of aromatic nitrogens is 2. The van der Waals surface area contributed by atoms with Crippen LogP contribution in [-0.2, 0) is 32.4 Å². The Hall–Kier alpha value is -3.54. The highest BCUT2D eigenvalue weighted by Gasteiger charge is 2.39. The van der Waals surface area contributed by atoms with Crippen molar-refractivity contribution in [1.29, 1.82) is 0 Å². The van der Waals surface area contributed by atoms with Crippen LogP contribution in [0, 0.1) is 6.92 Å². The normalized spacial score (nSPS) is 17.2. The first-order chi connectivity index (χ1) is 17.7. The van der Waals surface area contributed by atoms with Crippen molar-refractivity contribution in [1.82, 2.24) is 19.6 Å². The van der Waals surface area contributed by atoms with Gasteiger partial charge in [-0.05, 0) is 48.7 Å². The average Bonchev–Trinajstić information content (AvgIpc) is 3.24. The van der Waals surface area contributed by atoms with E-state index in [1.807, 2.05) is 11.1 Å². The Labute approximate surface area is 215 Å². The maximum Gasteiger partial charge on any atom is 0.416 e. The summed E-state index contributed by atoms with van der Waals surface area (Å²) in [5, 5.41) is 14.3. The van der Waals surface area contributed by atoms with Crippen LogP contribution < -0.4 is 0 Å². The number of nitrogens with zero attached hydrogens (tertiary/aromatic N) is 4. The molecular weight excluding hydrogens is 514 g/mol. The fraction of sp³-hybridized carbons (Fsp3) is 0.385. The lowest BCUT2D eigenvalue weighted by Gasteiger charge is -2.41. The van der Waals surface area contributed by atoms with Crippen LogP contribution in [0.15, 0.2) is 48.8 Å². The molecule has 0 bridgehead atoms. The fourth-order valence-corrected chi connectivity index (χ4v) is 4.62. The molecule has 1 saturated heterocycles. The number of alkyl halides is 6. The van der Waals surface area contributed by atoms with Crippen molar-refractivity contribution in [3.05, 3.63) is 82.2 Å². The van der Waals surface area contributed by atoms with Gasteiger partial charge in [-0.2, -0.15) is 31.4 Å². The largest absolute Gasteiger partial charge is 0.508 e. The van der Waals surface area contributed by atoms with Gasteiger partial charge in [0, 0.05) is 56.6 Å². The molecule has 1 aliphatic heterocycles. The quantitative estimate of drug-likeness (QED) is 0.461. The third-order valence-electron chi connectivity index (χ3n) is 6.57. The summed E-state index contributed by atoms with van der Waals surface area (Å²) in [7, 11) is 1.77. The molecule has 1 N–H and O–H groups in total. The van der Waals surface area contributed by atoms with Crippen molar-refractivity contribution in [2.24, 2.45) is 7.05 Å². The molecule has 0 saturated carbocycles. The third kappa shape index (κ3) is 6.29. The highest BCUT2D eigenvalue weighted by Crippen LogP contribution is 2.37. The maximum absolute atomic E-state index is 13.5. The first-order valence-corrected chi connectivity index (χ1v) is 11.8. The number of phenols is 1. The van der Waals surface area contributed by atoms with Crippen LogP contribution in [0.2, 0.25) is 0 Å². The Morgan fingerprint density at radius 1 is 1.00 bits per heavy atom. The molecule has 38 heavy (non-hydrogen) atoms. The third-order valence-corrected chi connectivity index (χ3v) is 6.57. The molecule has 6 nitrogen and oxygen atoms in total. The Bertz CT molecular complexity index is 1290. The summed E-state index contributed by atoms with van der Waals surface area (Å²) in [4.78, 5) is 16.8. The molecule has 2 aromatic carbocycles. The van der Waals surface area contributed by atoms with Crippen molar-refractivity contribution in [2.75, 3.05) is 19.6 Å². The molecule has 4 rings (SSSR count). The summed E-state index contributed by atoms with van der Waals surface area (Å²) in [5.41, 5.74) is -1.50. The lowest BCUT2D eigenvalue weighted by molar-refractivity contribution is -0.143. The molecule has 1 amide bonds. The number of halogens is 6. The number of carbonyl (C=O) groups excluding carboxylic acids is 1. The molecule has 2 heterocycles. The summed E-state index contributed by atoms with van der Waals surface area (Å²) in [6.45, 7) is 3.01. The minimum atomic E-state index is -5.06. The standard InChI is InChI=1S/C26H26F6N4O2/c1-16-3-4-17(8-23(16)37)7-22-15-35(14-18-12-33-34(2)13-18)5-6-36(22)24(38)19-9-20(25(27,28)29)11-21(10-19)26(30,31)32/h3-4,8-13,22,37H,5-7,14-15H2,1-2H3. The lowest BCUT2D eigenvalue weighted by atomic mass is 9.98. The van der Waals surface area contributed by atoms with Gasteiger partial charge in [0.25, 0.3) is 5.91 Å². The van der Waals surface area contributed by atoms with Gasteiger partial charge >= 0.3 is 12.4 Å². The lowest BCUT2D eigenvalue weighted by Crippen LogP contribution is -2.55. The number of hydrogen-bond acceptors (Lipinski definition) is 4. The number of hydrogen-bond donors (Lipinski definition) is 1. The molecule has 12 heteroatoms. The van der Waals surface area contributed by atoms with Gasteiger partial charge in [-0.3, -0.25) is 14.4 Å². The Balaban J connectivity index is 1.66. The van der Waals surface area contributed by atoms with Gasteiger partial charge in [0.05, 0.1) is 17.3 Å². The molecule has 0 radical (unpaired) electrons. The fourth-order valence-electron chi connectivity index (χ4n) is 4.62. The summed E-state index contributed by atoms with van der Waals surface area (Å²) in [6, 6.07) is 5.39. The van der Waals surface area contributed by atoms with Gasteiger partial charge < -0.3 is 10.0 Å². The van der Waals surface area contributed by atoms with Crippen LogP contribution in [0.25, 0.3) is 0 Å². The smallest absolute Gasteiger partial charge is 0.416 e. The molecule has 3 aromatic rings. The molecule has 1 atom stereocenters. The monoisotopic (exact) mass is 540 g/mol. The zero-order valence-electron chi connectivity index (χ0n) is 20.6. The number of aryl methyl sites for hydroxylation is 2. The van der Waals surface area contributed by atoms with Crippen molar-refractivity contribution < 1.29 is 36.2 Å². The Kier molecular flexibility index (Phi) is 7.46. The number of rotatable bonds is 5. The van der Waals surface area contributed by atoms with Crippen molar-refractivity contribution in [3.8, 4) is 5.75 Å². The van der Waals surface area contributed by atoms with E-state index in [9.17, 15) is 36.2 Å². The van der Waals surface area contributed by atoms with Crippen LogP contribution in [0.4, 0.5) is 26.3 Å². The van der Waals surface area contributed by atoms with E-state index >= 15 is 0 Å². The zero-order chi connectivity index (χ0) is 27.8. The van der Waals surface area contributed by atoms with E-state index in [4.69, 9.17) is 0 Å². The molecule has 1 fully saturated rings. The minimum absolute atomic E-state index is 0.00910. The Morgan fingerprint density at radius 3 is 2.21 bits per heavy atom. The van der Waals surface area contributed by atoms with Crippen LogP contribution in [0.3, 0.4) is 0 Å². The van der Waals surface area contributed by atoms with Crippen LogP contribution in [0.1, 0.15) is 38.2 Å². The molecular formula is C26H26F6N4O2. The first kappa shape index (κ1) is 27.5. The number of amides is 1. The molecule has 1 aromatic heterocycles. The van der Waals surface area contributed by atoms with E-state index in [2.05, 4.69) is 5.10 Å². The van der Waals surface area contributed by atoms with Gasteiger partial charge in [-0.25, -0.2) is 0 Å². The van der Waals surface area contributed by atoms with Crippen LogP contribution in [-0.4, -0.2) is 56.3 Å². The summed E-state index contributed by atoms with van der Waals surface area (Å²) < 4.78 is 82.1. The highest BCUT2D eigenvalue weighted by atomic mass is 19.4. The summed E-state index contributed by atoms with van der Waals surface area (Å²) in [5.74, 6) is -0.861. The number of phenolic OH excluding ortho intramolecular Hbond substituents is 1. The second kappa shape index (κ2) is 10.3. The molecule has 0 aliphatic carbocycles. The second-order valence-corrected chi connectivity index (χ2v) is 9.53. The van der Waals surface area contributed by atoms with Crippen LogP contribution >= 0.6 is 0 Å². The van der Waals surface area contributed by atoms with E-state index in [0.717, 1.165) is 5.56 Å². The second-order valence-electron chi connectivity index (χ2n) is 9.53. The highest BCUT2D eigenvalue weighted by molar-refractivity contribution is 5.95. The Morgan fingerprint density at radius 2 is 1.66 bits per heavy atom. The van der Waals surface area contributed by atoms with Gasteiger partial charge in [0.1, 0.15) is 5.75 Å². The summed E-state index contributed by atoms with van der Waals surface area (Å²) in [6.07, 6.45) is -6.33. The number of piperazine rings is 1. The van der Waals surface area contributed by atoms with E-state index in [-0.39, 0.29) is 24.8 Å². The topological polar surface area (TPSA) is 61.6 Å². The number of aromatic hydroxyl groups is 1. The van der Waals surface area contributed by atoms with E-state index in [0.29, 0.717) is 42.9 Å². The van der Waals surface area contributed by atoms with Crippen molar-refractivity contribution in [2.45, 2.75) is 38.3 Å². The van der Waals surface area contributed by atoms with Gasteiger partial charge in [-0.1, -0.05) is 12.1 Å². The van der Waals surface area contributed by atoms with Gasteiger partial charge in [0.15, 0.2) is 0 Å². The molecule has 1 unspecified atom stereocenters. The maximum atomic E-state index is 13.5. The van der Waals surface area contributed by atoms with E-state index < -0.39 is 41.0 Å². The number of carbonyl (C=O) groups is 1. The van der Waals surface area contributed by atoms with Gasteiger partial charge in [0.2, 0.25) is 0 Å². The first-order valence-electron chi connectivity index (χ1n) is 11.8. The average molecular weight is 541 g/mol. The van der Waals surface area contributed by atoms with Crippen molar-refractivity contribution in [3.63, 3.8) is 0 Å². The van der Waals surface area contributed by atoms with Crippen LogP contribution in [0.5, 0.6) is 5.75 Å².